The van der Waals surface area contributed by atoms with Crippen molar-refractivity contribution in [2.45, 2.75) is 77.5 Å². The van der Waals surface area contributed by atoms with Crippen molar-refractivity contribution in [3.05, 3.63) is 77.0 Å². The highest BCUT2D eigenvalue weighted by Crippen LogP contribution is 2.39. The quantitative estimate of drug-likeness (QED) is 0.345. The fourth-order valence-corrected chi connectivity index (χ4v) is 5.95. The van der Waals surface area contributed by atoms with Gasteiger partial charge in [0.2, 0.25) is 5.88 Å². The zero-order valence-electron chi connectivity index (χ0n) is 23.6. The summed E-state index contributed by atoms with van der Waals surface area (Å²) >= 11 is 0. The smallest absolute Gasteiger partial charge is 0.306 e. The largest absolute Gasteiger partial charge is 0.485 e. The zero-order valence-corrected chi connectivity index (χ0v) is 23.6. The predicted molar refractivity (Wildman–Crippen MR) is 153 cm³/mol. The minimum Gasteiger partial charge on any atom is -0.485 e. The van der Waals surface area contributed by atoms with E-state index in [0.717, 1.165) is 42.8 Å². The molecule has 3 heterocycles. The lowest BCUT2D eigenvalue weighted by Gasteiger charge is -2.43. The van der Waals surface area contributed by atoms with Gasteiger partial charge in [-0.2, -0.15) is 0 Å². The van der Waals surface area contributed by atoms with E-state index in [4.69, 9.17) is 9.47 Å². The number of aliphatic carboxylic acids is 1. The number of likely N-dealkylation sites (tertiary alicyclic amines) is 1. The van der Waals surface area contributed by atoms with Gasteiger partial charge >= 0.3 is 5.97 Å². The van der Waals surface area contributed by atoms with Crippen LogP contribution in [0.5, 0.6) is 11.6 Å². The molecule has 2 atom stereocenters. The molecule has 0 bridgehead atoms. The molecule has 6 nitrogen and oxygen atoms in total. The molecule has 2 aliphatic heterocycles. The fourth-order valence-electron chi connectivity index (χ4n) is 5.95. The predicted octanol–water partition coefficient (Wildman–Crippen LogP) is 6.85. The number of nitrogens with zero attached hydrogens (tertiary/aromatic N) is 2. The van der Waals surface area contributed by atoms with Gasteiger partial charge in [-0.05, 0) is 98.0 Å². The van der Waals surface area contributed by atoms with Crippen LogP contribution >= 0.6 is 0 Å². The lowest BCUT2D eigenvalue weighted by atomic mass is 9.88. The number of rotatable bonds is 8. The average molecular weight is 529 g/mol. The number of hydrogen-bond acceptors (Lipinski definition) is 5. The molecule has 39 heavy (non-hydrogen) atoms. The van der Waals surface area contributed by atoms with Crippen LogP contribution in [0.15, 0.2) is 54.7 Å². The first kappa shape index (κ1) is 27.2. The molecule has 0 amide bonds. The van der Waals surface area contributed by atoms with Crippen molar-refractivity contribution in [1.29, 1.82) is 0 Å². The molecule has 2 aromatic carbocycles. The first-order chi connectivity index (χ1) is 18.7. The number of hydrogen-bond donors (Lipinski definition) is 1. The maximum Gasteiger partial charge on any atom is 0.306 e. The van der Waals surface area contributed by atoms with Crippen LogP contribution in [0.1, 0.15) is 74.8 Å². The van der Waals surface area contributed by atoms with Crippen LogP contribution in [0, 0.1) is 5.92 Å². The summed E-state index contributed by atoms with van der Waals surface area (Å²) in [6.07, 6.45) is 7.82. The minimum absolute atomic E-state index is 0.0428. The third kappa shape index (κ3) is 6.11. The van der Waals surface area contributed by atoms with E-state index in [9.17, 15) is 9.90 Å². The van der Waals surface area contributed by atoms with Crippen LogP contribution in [-0.2, 0) is 24.2 Å². The summed E-state index contributed by atoms with van der Waals surface area (Å²) in [6, 6.07) is 17.0. The number of carboxylic acids is 1. The zero-order chi connectivity index (χ0) is 27.6. The van der Waals surface area contributed by atoms with Crippen molar-refractivity contribution in [2.75, 3.05) is 13.7 Å². The maximum absolute atomic E-state index is 11.4. The van der Waals surface area contributed by atoms with Crippen LogP contribution in [0.25, 0.3) is 11.1 Å². The summed E-state index contributed by atoms with van der Waals surface area (Å²) in [6.45, 7) is 8.43. The number of aromatic nitrogens is 1. The molecule has 1 N–H and O–H groups in total. The molecule has 3 aromatic rings. The van der Waals surface area contributed by atoms with Crippen molar-refractivity contribution < 1.29 is 19.4 Å². The number of carboxylic acid groups (broad SMARTS) is 1. The number of ether oxygens (including phenoxy) is 2. The van der Waals surface area contributed by atoms with Gasteiger partial charge in [-0.25, -0.2) is 4.98 Å². The number of pyridine rings is 1. The SMILES string of the molecule is COc1cc(-c2ccc([C@@H]3CCc4ccc(C[C@H](C)C(=O)O)cc4O3)cc2CN2CCCCC2(C)C)ccn1. The van der Waals surface area contributed by atoms with Crippen molar-refractivity contribution in [2.24, 2.45) is 5.92 Å². The summed E-state index contributed by atoms with van der Waals surface area (Å²) in [7, 11) is 1.65. The molecule has 1 aromatic heterocycles. The van der Waals surface area contributed by atoms with Gasteiger partial charge in [0, 0.05) is 24.3 Å². The summed E-state index contributed by atoms with van der Waals surface area (Å²) in [5.41, 5.74) is 7.11. The molecule has 2 aliphatic rings. The molecule has 0 radical (unpaired) electrons. The molecule has 206 valence electrons. The van der Waals surface area contributed by atoms with E-state index >= 15 is 0 Å². The van der Waals surface area contributed by atoms with Crippen LogP contribution in [0.3, 0.4) is 0 Å². The Morgan fingerprint density at radius 1 is 1.18 bits per heavy atom. The topological polar surface area (TPSA) is 71.9 Å². The normalized spacial score (nSPS) is 19.5. The number of methoxy groups -OCH3 is 1. The molecule has 5 rings (SSSR count). The Morgan fingerprint density at radius 3 is 2.79 bits per heavy atom. The first-order valence-electron chi connectivity index (χ1n) is 14.1. The Bertz CT molecular complexity index is 1340. The summed E-state index contributed by atoms with van der Waals surface area (Å²) in [4.78, 5) is 18.3. The summed E-state index contributed by atoms with van der Waals surface area (Å²) < 4.78 is 12.0. The molecule has 6 heteroatoms. The lowest BCUT2D eigenvalue weighted by Crippen LogP contribution is -2.46. The summed E-state index contributed by atoms with van der Waals surface area (Å²) in [5, 5.41) is 9.34. The number of benzene rings is 2. The summed E-state index contributed by atoms with van der Waals surface area (Å²) in [5.74, 6) is 0.287. The molecule has 1 fully saturated rings. The van der Waals surface area contributed by atoms with Gasteiger partial charge in [0.1, 0.15) is 11.9 Å². The molecular formula is C33H40N2O4. The van der Waals surface area contributed by atoms with Crippen molar-refractivity contribution in [1.82, 2.24) is 9.88 Å². The molecular weight excluding hydrogens is 488 g/mol. The van der Waals surface area contributed by atoms with Gasteiger partial charge < -0.3 is 14.6 Å². The highest BCUT2D eigenvalue weighted by Gasteiger charge is 2.31. The molecule has 1 saturated heterocycles. The highest BCUT2D eigenvalue weighted by molar-refractivity contribution is 5.70. The maximum atomic E-state index is 11.4. The van der Waals surface area contributed by atoms with Crippen molar-refractivity contribution >= 4 is 5.97 Å². The standard InChI is InChI=1S/C33H40N2O4/c1-22(32(36)37)17-23-7-8-24-10-12-29(39-30(24)18-23)26-9-11-28(25-13-15-34-31(20-25)38-4)27(19-26)21-35-16-6-5-14-33(35,2)3/h7-9,11,13,15,18-20,22,29H,5-6,10,12,14,16-17,21H2,1-4H3,(H,36,37)/t22-,29-/m0/s1. The van der Waals surface area contributed by atoms with Crippen molar-refractivity contribution in [3.63, 3.8) is 0 Å². The molecule has 0 saturated carbocycles. The van der Waals surface area contributed by atoms with Gasteiger partial charge in [0.25, 0.3) is 0 Å². The van der Waals surface area contributed by atoms with Crippen molar-refractivity contribution in [3.8, 4) is 22.8 Å². The third-order valence-electron chi connectivity index (χ3n) is 8.48. The first-order valence-corrected chi connectivity index (χ1v) is 14.1. The second kappa shape index (κ2) is 11.4. The minimum atomic E-state index is -0.775. The number of aryl methyl sites for hydroxylation is 1. The van der Waals surface area contributed by atoms with Crippen LogP contribution in [0.4, 0.5) is 0 Å². The van der Waals surface area contributed by atoms with E-state index < -0.39 is 11.9 Å². The molecule has 0 spiro atoms. The number of carbonyl (C=O) groups is 1. The van der Waals surface area contributed by atoms with E-state index in [-0.39, 0.29) is 11.6 Å². The second-order valence-electron chi connectivity index (χ2n) is 11.7. The van der Waals surface area contributed by atoms with Gasteiger partial charge in [-0.1, -0.05) is 43.7 Å². The lowest BCUT2D eigenvalue weighted by molar-refractivity contribution is -0.141. The van der Waals surface area contributed by atoms with E-state index in [0.29, 0.717) is 12.3 Å². The van der Waals surface area contributed by atoms with Crippen LogP contribution in [0.2, 0.25) is 0 Å². The number of fused-ring (bicyclic) bond motifs is 1. The van der Waals surface area contributed by atoms with Crippen LogP contribution < -0.4 is 9.47 Å². The van der Waals surface area contributed by atoms with Crippen LogP contribution in [-0.4, -0.2) is 40.2 Å². The van der Waals surface area contributed by atoms with Gasteiger partial charge in [-0.15, -0.1) is 0 Å². The van der Waals surface area contributed by atoms with E-state index in [1.165, 1.54) is 41.5 Å². The van der Waals surface area contributed by atoms with Gasteiger partial charge in [0.15, 0.2) is 0 Å². The van der Waals surface area contributed by atoms with Gasteiger partial charge in [0.05, 0.1) is 13.0 Å². The number of piperidine rings is 1. The van der Waals surface area contributed by atoms with Gasteiger partial charge in [-0.3, -0.25) is 9.69 Å². The third-order valence-corrected chi connectivity index (χ3v) is 8.48. The average Bonchev–Trinajstić information content (AvgIpc) is 2.93. The highest BCUT2D eigenvalue weighted by atomic mass is 16.5. The Labute approximate surface area is 232 Å². The van der Waals surface area contributed by atoms with E-state index in [2.05, 4.69) is 54.1 Å². The second-order valence-corrected chi connectivity index (χ2v) is 11.7. The van der Waals surface area contributed by atoms with E-state index in [1.54, 1.807) is 20.2 Å². The monoisotopic (exact) mass is 528 g/mol. The fraction of sp³-hybridized carbons (Fsp3) is 0.455. The molecule has 0 aliphatic carbocycles. The Morgan fingerprint density at radius 2 is 2.03 bits per heavy atom. The Kier molecular flexibility index (Phi) is 7.94. The van der Waals surface area contributed by atoms with E-state index in [1.807, 2.05) is 18.2 Å². The Balaban J connectivity index is 1.46. The molecule has 0 unspecified atom stereocenters. The Hall–Kier alpha value is -3.38.